The average molecular weight is 212 g/mol. The van der Waals surface area contributed by atoms with E-state index in [0.717, 1.165) is 12.2 Å². The van der Waals surface area contributed by atoms with Crippen molar-refractivity contribution in [3.63, 3.8) is 0 Å². The van der Waals surface area contributed by atoms with Crippen LogP contribution in [0.1, 0.15) is 44.2 Å². The van der Waals surface area contributed by atoms with Crippen LogP contribution in [-0.4, -0.2) is 10.5 Å². The maximum atomic E-state index is 4.24. The highest BCUT2D eigenvalue weighted by atomic mass is 32.1. The van der Waals surface area contributed by atoms with Crippen molar-refractivity contribution >= 4 is 11.3 Å². The van der Waals surface area contributed by atoms with Gasteiger partial charge in [0.1, 0.15) is 0 Å². The number of aryl methyl sites for hydroxylation is 1. The van der Waals surface area contributed by atoms with Gasteiger partial charge in [0.25, 0.3) is 0 Å². The largest absolute Gasteiger partial charge is 0.307 e. The van der Waals surface area contributed by atoms with Crippen molar-refractivity contribution < 1.29 is 0 Å². The molecule has 0 aliphatic rings. The first-order valence-corrected chi connectivity index (χ1v) is 6.07. The van der Waals surface area contributed by atoms with Crippen molar-refractivity contribution in [3.05, 3.63) is 16.1 Å². The Morgan fingerprint density at radius 3 is 2.71 bits per heavy atom. The Morgan fingerprint density at radius 1 is 1.50 bits per heavy atom. The second-order valence-electron chi connectivity index (χ2n) is 4.35. The van der Waals surface area contributed by atoms with Crippen molar-refractivity contribution in [3.8, 4) is 0 Å². The fourth-order valence-electron chi connectivity index (χ4n) is 1.53. The summed E-state index contributed by atoms with van der Waals surface area (Å²) in [7, 11) is 0. The van der Waals surface area contributed by atoms with Crippen LogP contribution in [0.15, 0.2) is 5.51 Å². The molecule has 0 spiro atoms. The standard InChI is InChI=1S/C11H20N2S/c1-5-6-11(3,4)13-7-10-9(2)12-8-14-10/h8,13H,5-7H2,1-4H3. The molecule has 0 fully saturated rings. The molecule has 14 heavy (non-hydrogen) atoms. The molecular formula is C11H20N2S. The molecule has 0 unspecified atom stereocenters. The van der Waals surface area contributed by atoms with Crippen molar-refractivity contribution in [2.45, 2.75) is 52.6 Å². The Hall–Kier alpha value is -0.410. The first-order chi connectivity index (χ1) is 6.55. The molecular weight excluding hydrogens is 192 g/mol. The highest BCUT2D eigenvalue weighted by molar-refractivity contribution is 7.09. The van der Waals surface area contributed by atoms with E-state index in [1.807, 2.05) is 5.51 Å². The SMILES string of the molecule is CCCC(C)(C)NCc1scnc1C. The van der Waals surface area contributed by atoms with Gasteiger partial charge in [-0.05, 0) is 27.2 Å². The van der Waals surface area contributed by atoms with Gasteiger partial charge in [0.15, 0.2) is 0 Å². The zero-order valence-corrected chi connectivity index (χ0v) is 10.4. The van der Waals surface area contributed by atoms with E-state index in [4.69, 9.17) is 0 Å². The van der Waals surface area contributed by atoms with Crippen LogP contribution in [0.3, 0.4) is 0 Å². The lowest BCUT2D eigenvalue weighted by Gasteiger charge is -2.25. The molecule has 2 nitrogen and oxygen atoms in total. The van der Waals surface area contributed by atoms with E-state index >= 15 is 0 Å². The van der Waals surface area contributed by atoms with Crippen LogP contribution in [-0.2, 0) is 6.54 Å². The molecule has 1 N–H and O–H groups in total. The lowest BCUT2D eigenvalue weighted by Crippen LogP contribution is -2.38. The summed E-state index contributed by atoms with van der Waals surface area (Å²) < 4.78 is 0. The second kappa shape index (κ2) is 4.89. The van der Waals surface area contributed by atoms with Gasteiger partial charge in [0.2, 0.25) is 0 Å². The van der Waals surface area contributed by atoms with Gasteiger partial charge in [-0.15, -0.1) is 11.3 Å². The molecule has 1 heterocycles. The average Bonchev–Trinajstić information content (AvgIpc) is 2.48. The van der Waals surface area contributed by atoms with E-state index in [9.17, 15) is 0 Å². The predicted octanol–water partition coefficient (Wildman–Crippen LogP) is 3.12. The Labute approximate surface area is 90.8 Å². The van der Waals surface area contributed by atoms with Crippen LogP contribution < -0.4 is 5.32 Å². The molecule has 0 radical (unpaired) electrons. The van der Waals surface area contributed by atoms with E-state index in [1.165, 1.54) is 17.7 Å². The summed E-state index contributed by atoms with van der Waals surface area (Å²) in [5, 5.41) is 3.57. The molecule has 0 aliphatic carbocycles. The summed E-state index contributed by atoms with van der Waals surface area (Å²) in [5.74, 6) is 0. The first-order valence-electron chi connectivity index (χ1n) is 5.19. The zero-order valence-electron chi connectivity index (χ0n) is 9.55. The zero-order chi connectivity index (χ0) is 10.6. The third-order valence-corrected chi connectivity index (χ3v) is 3.38. The van der Waals surface area contributed by atoms with Crippen molar-refractivity contribution in [2.24, 2.45) is 0 Å². The van der Waals surface area contributed by atoms with Gasteiger partial charge in [-0.25, -0.2) is 4.98 Å². The van der Waals surface area contributed by atoms with E-state index in [0.29, 0.717) is 0 Å². The van der Waals surface area contributed by atoms with Crippen LogP contribution in [0, 0.1) is 6.92 Å². The predicted molar refractivity (Wildman–Crippen MR) is 62.7 cm³/mol. The van der Waals surface area contributed by atoms with Gasteiger partial charge in [-0.3, -0.25) is 0 Å². The van der Waals surface area contributed by atoms with Crippen LogP contribution in [0.5, 0.6) is 0 Å². The summed E-state index contributed by atoms with van der Waals surface area (Å²) >= 11 is 1.73. The topological polar surface area (TPSA) is 24.9 Å². The van der Waals surface area contributed by atoms with Gasteiger partial charge in [-0.1, -0.05) is 13.3 Å². The number of hydrogen-bond acceptors (Lipinski definition) is 3. The number of nitrogens with one attached hydrogen (secondary N) is 1. The molecule has 80 valence electrons. The summed E-state index contributed by atoms with van der Waals surface area (Å²) in [4.78, 5) is 5.60. The molecule has 0 bridgehead atoms. The molecule has 1 aromatic heterocycles. The Morgan fingerprint density at radius 2 is 2.21 bits per heavy atom. The van der Waals surface area contributed by atoms with Crippen LogP contribution in [0.4, 0.5) is 0 Å². The van der Waals surface area contributed by atoms with Crippen molar-refractivity contribution in [1.29, 1.82) is 0 Å². The first kappa shape index (κ1) is 11.7. The molecule has 3 heteroatoms. The molecule has 1 aromatic rings. The molecule has 0 amide bonds. The highest BCUT2D eigenvalue weighted by Gasteiger charge is 2.15. The van der Waals surface area contributed by atoms with Crippen LogP contribution in [0.25, 0.3) is 0 Å². The summed E-state index contributed by atoms with van der Waals surface area (Å²) in [6.45, 7) is 9.75. The molecule has 0 aliphatic heterocycles. The lowest BCUT2D eigenvalue weighted by atomic mass is 9.99. The normalized spacial score (nSPS) is 12.0. The Balaban J connectivity index is 2.44. The van der Waals surface area contributed by atoms with Crippen molar-refractivity contribution in [2.75, 3.05) is 0 Å². The molecule has 0 atom stereocenters. The van der Waals surface area contributed by atoms with Crippen molar-refractivity contribution in [1.82, 2.24) is 10.3 Å². The van der Waals surface area contributed by atoms with E-state index in [-0.39, 0.29) is 5.54 Å². The fourth-order valence-corrected chi connectivity index (χ4v) is 2.25. The van der Waals surface area contributed by atoms with E-state index < -0.39 is 0 Å². The minimum atomic E-state index is 0.241. The Bertz CT molecular complexity index is 279. The van der Waals surface area contributed by atoms with Crippen LogP contribution in [0.2, 0.25) is 0 Å². The number of hydrogen-bond donors (Lipinski definition) is 1. The van der Waals surface area contributed by atoms with Gasteiger partial charge >= 0.3 is 0 Å². The molecule has 0 saturated heterocycles. The smallest absolute Gasteiger partial charge is 0.0798 e. The maximum absolute atomic E-state index is 4.24. The number of aromatic nitrogens is 1. The summed E-state index contributed by atoms with van der Waals surface area (Å²) in [6, 6.07) is 0. The van der Waals surface area contributed by atoms with Crippen LogP contribution >= 0.6 is 11.3 Å². The number of nitrogens with zero attached hydrogens (tertiary/aromatic N) is 1. The lowest BCUT2D eigenvalue weighted by molar-refractivity contribution is 0.358. The highest BCUT2D eigenvalue weighted by Crippen LogP contribution is 2.16. The Kier molecular flexibility index (Phi) is 4.08. The number of rotatable bonds is 5. The summed E-state index contributed by atoms with van der Waals surface area (Å²) in [6.07, 6.45) is 2.44. The monoisotopic (exact) mass is 212 g/mol. The fraction of sp³-hybridized carbons (Fsp3) is 0.727. The quantitative estimate of drug-likeness (QED) is 0.811. The third kappa shape index (κ3) is 3.39. The second-order valence-corrected chi connectivity index (χ2v) is 5.29. The molecule has 1 rings (SSSR count). The van der Waals surface area contributed by atoms with Gasteiger partial charge in [0, 0.05) is 17.0 Å². The molecule has 0 aromatic carbocycles. The van der Waals surface area contributed by atoms with Gasteiger partial charge in [0.05, 0.1) is 11.2 Å². The summed E-state index contributed by atoms with van der Waals surface area (Å²) in [5.41, 5.74) is 3.32. The van der Waals surface area contributed by atoms with E-state index in [1.54, 1.807) is 11.3 Å². The minimum absolute atomic E-state index is 0.241. The number of thiazole rings is 1. The minimum Gasteiger partial charge on any atom is -0.307 e. The molecule has 0 saturated carbocycles. The third-order valence-electron chi connectivity index (χ3n) is 2.45. The van der Waals surface area contributed by atoms with E-state index in [2.05, 4.69) is 38.0 Å². The van der Waals surface area contributed by atoms with Gasteiger partial charge < -0.3 is 5.32 Å². The van der Waals surface area contributed by atoms with Gasteiger partial charge in [-0.2, -0.15) is 0 Å². The maximum Gasteiger partial charge on any atom is 0.0798 e.